The van der Waals surface area contributed by atoms with Gasteiger partial charge in [-0.05, 0) is 44.7 Å². The summed E-state index contributed by atoms with van der Waals surface area (Å²) in [6.07, 6.45) is 5.21. The Kier molecular flexibility index (Phi) is 4.92. The lowest BCUT2D eigenvalue weighted by Crippen LogP contribution is -2.21. The molecule has 0 amide bonds. The maximum atomic E-state index is 4.81. The van der Waals surface area contributed by atoms with Crippen molar-refractivity contribution < 1.29 is 0 Å². The van der Waals surface area contributed by atoms with Crippen molar-refractivity contribution in [3.63, 3.8) is 0 Å². The average molecular weight is 261 g/mol. The topological polar surface area (TPSA) is 37.8 Å². The van der Waals surface area contributed by atoms with Gasteiger partial charge in [0.25, 0.3) is 0 Å². The van der Waals surface area contributed by atoms with Crippen LogP contribution >= 0.6 is 0 Å². The first-order valence-corrected chi connectivity index (χ1v) is 7.69. The molecule has 1 unspecified atom stereocenters. The van der Waals surface area contributed by atoms with E-state index < -0.39 is 0 Å². The Hall–Kier alpha value is -0.960. The molecule has 3 heteroatoms. The molecule has 0 radical (unpaired) electrons. The second kappa shape index (κ2) is 6.47. The molecule has 1 aromatic rings. The SMILES string of the molecule is CCNCC(C)c1c(C)nc(C2CCCC2)nc1C. The van der Waals surface area contributed by atoms with Crippen LogP contribution in [0.15, 0.2) is 0 Å². The number of hydrogen-bond donors (Lipinski definition) is 1. The fraction of sp³-hybridized carbons (Fsp3) is 0.750. The minimum Gasteiger partial charge on any atom is -0.316 e. The number of hydrogen-bond acceptors (Lipinski definition) is 3. The van der Waals surface area contributed by atoms with E-state index in [0.29, 0.717) is 11.8 Å². The molecule has 106 valence electrons. The highest BCUT2D eigenvalue weighted by Crippen LogP contribution is 2.33. The van der Waals surface area contributed by atoms with E-state index in [4.69, 9.17) is 9.97 Å². The van der Waals surface area contributed by atoms with Gasteiger partial charge in [-0.15, -0.1) is 0 Å². The molecule has 1 heterocycles. The molecule has 0 saturated heterocycles. The number of aryl methyl sites for hydroxylation is 2. The quantitative estimate of drug-likeness (QED) is 0.882. The van der Waals surface area contributed by atoms with Crippen LogP contribution in [-0.2, 0) is 0 Å². The maximum absolute atomic E-state index is 4.81. The van der Waals surface area contributed by atoms with Crippen molar-refractivity contribution in [2.24, 2.45) is 0 Å². The average Bonchev–Trinajstić information content (AvgIpc) is 2.89. The van der Waals surface area contributed by atoms with Crippen LogP contribution in [0.4, 0.5) is 0 Å². The van der Waals surface area contributed by atoms with Gasteiger partial charge in [-0.3, -0.25) is 0 Å². The van der Waals surface area contributed by atoms with Crippen LogP contribution < -0.4 is 5.32 Å². The van der Waals surface area contributed by atoms with Crippen LogP contribution in [0.2, 0.25) is 0 Å². The van der Waals surface area contributed by atoms with Crippen molar-refractivity contribution in [1.82, 2.24) is 15.3 Å². The van der Waals surface area contributed by atoms with E-state index in [1.807, 2.05) is 0 Å². The highest BCUT2D eigenvalue weighted by molar-refractivity contribution is 5.29. The molecular weight excluding hydrogens is 234 g/mol. The zero-order valence-electron chi connectivity index (χ0n) is 12.8. The van der Waals surface area contributed by atoms with Crippen molar-refractivity contribution in [3.05, 3.63) is 22.8 Å². The van der Waals surface area contributed by atoms with Crippen LogP contribution in [0.25, 0.3) is 0 Å². The Bertz CT molecular complexity index is 399. The summed E-state index contributed by atoms with van der Waals surface area (Å²) >= 11 is 0. The Morgan fingerprint density at radius 2 is 1.74 bits per heavy atom. The fourth-order valence-corrected chi connectivity index (χ4v) is 3.29. The summed E-state index contributed by atoms with van der Waals surface area (Å²) < 4.78 is 0. The van der Waals surface area contributed by atoms with Crippen molar-refractivity contribution in [3.8, 4) is 0 Å². The molecule has 19 heavy (non-hydrogen) atoms. The first-order valence-electron chi connectivity index (χ1n) is 7.69. The normalized spacial score (nSPS) is 17.9. The molecule has 1 atom stereocenters. The number of aromatic nitrogens is 2. The first kappa shape index (κ1) is 14.4. The number of likely N-dealkylation sites (N-methyl/N-ethyl adjacent to an activating group) is 1. The van der Waals surface area contributed by atoms with Gasteiger partial charge in [0.2, 0.25) is 0 Å². The summed E-state index contributed by atoms with van der Waals surface area (Å²) in [5, 5.41) is 3.42. The molecule has 1 aliphatic carbocycles. The molecule has 0 bridgehead atoms. The van der Waals surface area contributed by atoms with Gasteiger partial charge >= 0.3 is 0 Å². The number of nitrogens with zero attached hydrogens (tertiary/aromatic N) is 2. The van der Waals surface area contributed by atoms with Gasteiger partial charge in [-0.25, -0.2) is 9.97 Å². The van der Waals surface area contributed by atoms with Gasteiger partial charge < -0.3 is 5.32 Å². The van der Waals surface area contributed by atoms with Crippen LogP contribution in [0.5, 0.6) is 0 Å². The van der Waals surface area contributed by atoms with Gasteiger partial charge in [0.1, 0.15) is 5.82 Å². The van der Waals surface area contributed by atoms with Crippen LogP contribution in [0, 0.1) is 13.8 Å². The van der Waals surface area contributed by atoms with Gasteiger partial charge in [-0.2, -0.15) is 0 Å². The van der Waals surface area contributed by atoms with Crippen molar-refractivity contribution >= 4 is 0 Å². The molecule has 1 aromatic heterocycles. The van der Waals surface area contributed by atoms with Crippen LogP contribution in [0.1, 0.15) is 74.1 Å². The second-order valence-electron chi connectivity index (χ2n) is 5.86. The minimum atomic E-state index is 0.484. The zero-order valence-corrected chi connectivity index (χ0v) is 12.8. The molecule has 3 nitrogen and oxygen atoms in total. The molecule has 2 rings (SSSR count). The van der Waals surface area contributed by atoms with Gasteiger partial charge in [0.05, 0.1) is 0 Å². The van der Waals surface area contributed by atoms with E-state index in [0.717, 1.165) is 18.9 Å². The third kappa shape index (κ3) is 3.33. The van der Waals surface area contributed by atoms with Gasteiger partial charge in [-0.1, -0.05) is 26.7 Å². The lowest BCUT2D eigenvalue weighted by Gasteiger charge is -2.19. The minimum absolute atomic E-state index is 0.484. The van der Waals surface area contributed by atoms with Crippen molar-refractivity contribution in [1.29, 1.82) is 0 Å². The maximum Gasteiger partial charge on any atom is 0.131 e. The lowest BCUT2D eigenvalue weighted by atomic mass is 9.97. The van der Waals surface area contributed by atoms with Gasteiger partial charge in [0.15, 0.2) is 0 Å². The fourth-order valence-electron chi connectivity index (χ4n) is 3.29. The Balaban J connectivity index is 2.21. The van der Waals surface area contributed by atoms with E-state index in [9.17, 15) is 0 Å². The van der Waals surface area contributed by atoms with Gasteiger partial charge in [0, 0.05) is 23.9 Å². The zero-order chi connectivity index (χ0) is 13.8. The highest BCUT2D eigenvalue weighted by atomic mass is 14.9. The Morgan fingerprint density at radius 3 is 2.26 bits per heavy atom. The summed E-state index contributed by atoms with van der Waals surface area (Å²) in [4.78, 5) is 9.61. The van der Waals surface area contributed by atoms with Crippen LogP contribution in [-0.4, -0.2) is 23.1 Å². The van der Waals surface area contributed by atoms with E-state index in [1.165, 1.54) is 42.6 Å². The Morgan fingerprint density at radius 1 is 1.16 bits per heavy atom. The molecular formula is C16H27N3. The molecule has 1 aliphatic rings. The van der Waals surface area contributed by atoms with Crippen molar-refractivity contribution in [2.75, 3.05) is 13.1 Å². The van der Waals surface area contributed by atoms with E-state index >= 15 is 0 Å². The first-order chi connectivity index (χ1) is 9.13. The van der Waals surface area contributed by atoms with E-state index in [2.05, 4.69) is 33.0 Å². The second-order valence-corrected chi connectivity index (χ2v) is 5.86. The standard InChI is InChI=1S/C16H27N3/c1-5-17-10-11(2)15-12(3)18-16(19-13(15)4)14-8-6-7-9-14/h11,14,17H,5-10H2,1-4H3. The Labute approximate surface area is 117 Å². The van der Waals surface area contributed by atoms with Crippen LogP contribution in [0.3, 0.4) is 0 Å². The predicted octanol–water partition coefficient (Wildman–Crippen LogP) is 3.46. The van der Waals surface area contributed by atoms with E-state index in [1.54, 1.807) is 0 Å². The number of nitrogens with one attached hydrogen (secondary N) is 1. The smallest absolute Gasteiger partial charge is 0.131 e. The summed E-state index contributed by atoms with van der Waals surface area (Å²) in [7, 11) is 0. The molecule has 1 N–H and O–H groups in total. The van der Waals surface area contributed by atoms with Crippen molar-refractivity contribution in [2.45, 2.75) is 65.2 Å². The number of rotatable bonds is 5. The summed E-state index contributed by atoms with van der Waals surface area (Å²) in [5.41, 5.74) is 3.70. The molecule has 1 saturated carbocycles. The highest BCUT2D eigenvalue weighted by Gasteiger charge is 2.22. The van der Waals surface area contributed by atoms with E-state index in [-0.39, 0.29) is 0 Å². The molecule has 0 spiro atoms. The molecule has 0 aromatic carbocycles. The monoisotopic (exact) mass is 261 g/mol. The predicted molar refractivity (Wildman–Crippen MR) is 79.7 cm³/mol. The third-order valence-electron chi connectivity index (χ3n) is 4.26. The molecule has 1 fully saturated rings. The summed E-state index contributed by atoms with van der Waals surface area (Å²) in [6, 6.07) is 0. The third-order valence-corrected chi connectivity index (χ3v) is 4.26. The summed E-state index contributed by atoms with van der Waals surface area (Å²) in [6.45, 7) is 10.7. The largest absolute Gasteiger partial charge is 0.316 e. The molecule has 0 aliphatic heterocycles. The summed E-state index contributed by atoms with van der Waals surface area (Å²) in [5.74, 6) is 2.18. The lowest BCUT2D eigenvalue weighted by molar-refractivity contribution is 0.611.